The lowest BCUT2D eigenvalue weighted by Crippen LogP contribution is -2.32. The van der Waals surface area contributed by atoms with Gasteiger partial charge >= 0.3 is 0 Å². The fourth-order valence-corrected chi connectivity index (χ4v) is 3.38. The summed E-state index contributed by atoms with van der Waals surface area (Å²) in [5.74, 6) is 0.482. The average molecular weight is 382 g/mol. The number of amides is 1. The number of fused-ring (bicyclic) bond motifs is 1. The summed E-state index contributed by atoms with van der Waals surface area (Å²) in [7, 11) is 0. The van der Waals surface area contributed by atoms with Crippen LogP contribution < -0.4 is 11.1 Å². The lowest BCUT2D eigenvalue weighted by Gasteiger charge is -2.28. The molecule has 1 aliphatic rings. The van der Waals surface area contributed by atoms with Gasteiger partial charge in [0.15, 0.2) is 5.82 Å². The largest absolute Gasteiger partial charge is 0.396 e. The number of aryl methyl sites for hydroxylation is 1. The predicted molar refractivity (Wildman–Crippen MR) is 95.5 cm³/mol. The number of nitrogens with one attached hydrogen (secondary N) is 1. The van der Waals surface area contributed by atoms with Crippen LogP contribution in [0.1, 0.15) is 30.8 Å². The molecule has 1 aromatic carbocycles. The third-order valence-electron chi connectivity index (χ3n) is 3.98. The van der Waals surface area contributed by atoms with Crippen LogP contribution in [0.4, 0.5) is 5.95 Å². The first-order chi connectivity index (χ1) is 11.9. The van der Waals surface area contributed by atoms with E-state index in [9.17, 15) is 4.79 Å². The van der Waals surface area contributed by atoms with Crippen molar-refractivity contribution in [3.63, 3.8) is 0 Å². The van der Waals surface area contributed by atoms with Crippen molar-refractivity contribution in [2.45, 2.75) is 25.8 Å². The SMILES string of the molecule is CC1=C(C(N)=O)[C@@H](c2ccc(Cl)cc2Cl)n2nc(CCCO)nc2N1. The van der Waals surface area contributed by atoms with Crippen molar-refractivity contribution in [2.75, 3.05) is 11.9 Å². The van der Waals surface area contributed by atoms with E-state index in [2.05, 4.69) is 15.4 Å². The highest BCUT2D eigenvalue weighted by Gasteiger charge is 2.34. The number of carbonyl (C=O) groups is 1. The molecule has 0 saturated heterocycles. The standard InChI is InChI=1S/C16H17Cl2N5O2/c1-8-13(15(19)25)14(10-5-4-9(17)7-11(10)18)23-16(20-8)21-12(22-23)3-2-6-24/h4-5,7,14,24H,2-3,6H2,1H3,(H2,19,25)(H,20,21,22)/t14-/m1/s1. The molecule has 0 fully saturated rings. The molecule has 9 heteroatoms. The Morgan fingerprint density at radius 3 is 2.84 bits per heavy atom. The lowest BCUT2D eigenvalue weighted by molar-refractivity contribution is -0.115. The molecule has 25 heavy (non-hydrogen) atoms. The second kappa shape index (κ2) is 7.03. The second-order valence-electron chi connectivity index (χ2n) is 5.72. The van der Waals surface area contributed by atoms with Gasteiger partial charge in [-0.25, -0.2) is 4.68 Å². The molecule has 3 rings (SSSR count). The molecule has 1 aromatic heterocycles. The number of rotatable bonds is 5. The Labute approximate surface area is 154 Å². The van der Waals surface area contributed by atoms with Crippen LogP contribution >= 0.6 is 23.2 Å². The average Bonchev–Trinajstić information content (AvgIpc) is 2.94. The first kappa shape index (κ1) is 17.7. The number of hydrogen-bond donors (Lipinski definition) is 3. The maximum Gasteiger partial charge on any atom is 0.248 e. The zero-order valence-corrected chi connectivity index (χ0v) is 15.0. The van der Waals surface area contributed by atoms with Gasteiger partial charge in [-0.2, -0.15) is 10.1 Å². The topological polar surface area (TPSA) is 106 Å². The van der Waals surface area contributed by atoms with Crippen LogP contribution in [-0.2, 0) is 11.2 Å². The highest BCUT2D eigenvalue weighted by molar-refractivity contribution is 6.35. The number of benzene rings is 1. The van der Waals surface area contributed by atoms with Gasteiger partial charge in [0.25, 0.3) is 0 Å². The number of nitrogens with two attached hydrogens (primary N) is 1. The van der Waals surface area contributed by atoms with E-state index in [0.29, 0.717) is 51.5 Å². The zero-order valence-electron chi connectivity index (χ0n) is 13.5. The van der Waals surface area contributed by atoms with Gasteiger partial charge in [0.1, 0.15) is 6.04 Å². The van der Waals surface area contributed by atoms with Crippen LogP contribution in [-0.4, -0.2) is 32.4 Å². The van der Waals surface area contributed by atoms with Crippen LogP contribution in [0.3, 0.4) is 0 Å². The maximum atomic E-state index is 12.1. The molecule has 1 atom stereocenters. The molecular weight excluding hydrogens is 365 g/mol. The summed E-state index contributed by atoms with van der Waals surface area (Å²) in [5.41, 5.74) is 7.21. The summed E-state index contributed by atoms with van der Waals surface area (Å²) in [6.07, 6.45) is 1.06. The molecule has 132 valence electrons. The van der Waals surface area contributed by atoms with Crippen LogP contribution in [0.15, 0.2) is 29.5 Å². The van der Waals surface area contributed by atoms with Gasteiger partial charge in [-0.3, -0.25) is 4.79 Å². The van der Waals surface area contributed by atoms with Gasteiger partial charge < -0.3 is 16.2 Å². The molecule has 2 heterocycles. The molecule has 0 saturated carbocycles. The quantitative estimate of drug-likeness (QED) is 0.736. The minimum Gasteiger partial charge on any atom is -0.396 e. The van der Waals surface area contributed by atoms with E-state index in [4.69, 9.17) is 34.0 Å². The highest BCUT2D eigenvalue weighted by atomic mass is 35.5. The maximum absolute atomic E-state index is 12.1. The zero-order chi connectivity index (χ0) is 18.1. The number of anilines is 1. The number of carbonyl (C=O) groups excluding carboxylic acids is 1. The number of primary amides is 1. The van der Waals surface area contributed by atoms with Gasteiger partial charge in [-0.1, -0.05) is 29.3 Å². The smallest absolute Gasteiger partial charge is 0.248 e. The van der Waals surface area contributed by atoms with E-state index in [1.807, 2.05) is 0 Å². The Balaban J connectivity index is 2.15. The summed E-state index contributed by atoms with van der Waals surface area (Å²) in [6.45, 7) is 1.80. The summed E-state index contributed by atoms with van der Waals surface area (Å²) in [4.78, 5) is 16.5. The number of hydrogen-bond acceptors (Lipinski definition) is 5. The molecule has 2 aromatic rings. The third-order valence-corrected chi connectivity index (χ3v) is 4.54. The van der Waals surface area contributed by atoms with Crippen molar-refractivity contribution in [1.82, 2.24) is 14.8 Å². The molecule has 0 aliphatic carbocycles. The summed E-state index contributed by atoms with van der Waals surface area (Å²) >= 11 is 12.3. The third kappa shape index (κ3) is 3.35. The minimum atomic E-state index is -0.603. The molecule has 1 aliphatic heterocycles. The van der Waals surface area contributed by atoms with E-state index in [1.54, 1.807) is 29.8 Å². The summed E-state index contributed by atoms with van der Waals surface area (Å²) < 4.78 is 1.59. The van der Waals surface area contributed by atoms with Crippen LogP contribution in [0.25, 0.3) is 0 Å². The number of halogens is 2. The predicted octanol–water partition coefficient (Wildman–Crippen LogP) is 2.28. The van der Waals surface area contributed by atoms with Gasteiger partial charge in [0, 0.05) is 34.3 Å². The Morgan fingerprint density at radius 2 is 2.20 bits per heavy atom. The van der Waals surface area contributed by atoms with Crippen LogP contribution in [0, 0.1) is 0 Å². The Hall–Kier alpha value is -2.09. The normalized spacial score (nSPS) is 16.6. The Bertz CT molecular complexity index is 862. The van der Waals surface area contributed by atoms with Gasteiger partial charge in [0.2, 0.25) is 11.9 Å². The Kier molecular flexibility index (Phi) is 4.99. The minimum absolute atomic E-state index is 0.0492. The van der Waals surface area contributed by atoms with Crippen molar-refractivity contribution >= 4 is 35.1 Å². The van der Waals surface area contributed by atoms with Crippen molar-refractivity contribution in [3.05, 3.63) is 50.9 Å². The number of allylic oxidation sites excluding steroid dienone is 1. The fraction of sp³-hybridized carbons (Fsp3) is 0.312. The number of aliphatic hydroxyl groups is 1. The van der Waals surface area contributed by atoms with E-state index in [-0.39, 0.29) is 6.61 Å². The fourth-order valence-electron chi connectivity index (χ4n) is 2.87. The lowest BCUT2D eigenvalue weighted by atomic mass is 9.95. The molecule has 1 amide bonds. The second-order valence-corrected chi connectivity index (χ2v) is 6.56. The number of aliphatic hydroxyl groups excluding tert-OH is 1. The van der Waals surface area contributed by atoms with Crippen molar-refractivity contribution in [1.29, 1.82) is 0 Å². The highest BCUT2D eigenvalue weighted by Crippen LogP contribution is 2.38. The van der Waals surface area contributed by atoms with E-state index < -0.39 is 11.9 Å². The van der Waals surface area contributed by atoms with Gasteiger partial charge in [-0.15, -0.1) is 0 Å². The number of aromatic nitrogens is 3. The van der Waals surface area contributed by atoms with E-state index >= 15 is 0 Å². The van der Waals surface area contributed by atoms with Crippen LogP contribution in [0.5, 0.6) is 0 Å². The monoisotopic (exact) mass is 381 g/mol. The van der Waals surface area contributed by atoms with E-state index in [0.717, 1.165) is 0 Å². The van der Waals surface area contributed by atoms with Gasteiger partial charge in [0.05, 0.1) is 5.57 Å². The molecule has 7 nitrogen and oxygen atoms in total. The van der Waals surface area contributed by atoms with Gasteiger partial charge in [-0.05, 0) is 25.5 Å². The molecular formula is C16H17Cl2N5O2. The van der Waals surface area contributed by atoms with Crippen LogP contribution in [0.2, 0.25) is 10.0 Å². The molecule has 0 unspecified atom stereocenters. The molecule has 0 radical (unpaired) electrons. The van der Waals surface area contributed by atoms with Crippen molar-refractivity contribution in [3.8, 4) is 0 Å². The molecule has 0 bridgehead atoms. The molecule has 4 N–H and O–H groups in total. The Morgan fingerprint density at radius 1 is 1.44 bits per heavy atom. The van der Waals surface area contributed by atoms with Crippen molar-refractivity contribution in [2.24, 2.45) is 5.73 Å². The van der Waals surface area contributed by atoms with E-state index in [1.165, 1.54) is 0 Å². The first-order valence-electron chi connectivity index (χ1n) is 7.71. The summed E-state index contributed by atoms with van der Waals surface area (Å²) in [6, 6.07) is 4.45. The first-order valence-corrected chi connectivity index (χ1v) is 8.46. The number of nitrogens with zero attached hydrogens (tertiary/aromatic N) is 3. The molecule has 0 spiro atoms. The van der Waals surface area contributed by atoms with Crippen molar-refractivity contribution < 1.29 is 9.90 Å². The summed E-state index contributed by atoms with van der Waals surface area (Å²) in [5, 5.41) is 17.4.